The SMILES string of the molecule is C#Cc1c(F)ccc2cc(O)cc(-c3ncc4c(N5CCOCC56CC6)nc(OC[C@@]56CCCN5C[C@H](F)C6)nc4c3F)c12. The minimum absolute atomic E-state index is 0.00880. The molecule has 4 fully saturated rings. The maximum absolute atomic E-state index is 16.8. The fourth-order valence-electron chi connectivity index (χ4n) is 7.50. The third kappa shape index (κ3) is 4.19. The van der Waals surface area contributed by atoms with Crippen LogP contribution in [0.25, 0.3) is 32.9 Å². The molecule has 4 aliphatic rings. The molecule has 3 aliphatic heterocycles. The van der Waals surface area contributed by atoms with Crippen LogP contribution in [-0.4, -0.2) is 81.7 Å². The number of fused-ring (bicyclic) bond motifs is 3. The third-order valence-corrected chi connectivity index (χ3v) is 9.81. The normalized spacial score (nSPS) is 24.2. The number of terminal acetylenes is 1. The van der Waals surface area contributed by atoms with Crippen molar-refractivity contribution in [3.8, 4) is 35.4 Å². The number of halogens is 3. The molecule has 0 unspecified atom stereocenters. The van der Waals surface area contributed by atoms with Crippen molar-refractivity contribution >= 4 is 27.5 Å². The summed E-state index contributed by atoms with van der Waals surface area (Å²) in [6.07, 6.45) is 10.2. The first kappa shape index (κ1) is 27.4. The predicted octanol–water partition coefficient (Wildman–Crippen LogP) is 5.13. The van der Waals surface area contributed by atoms with Crippen molar-refractivity contribution in [2.45, 2.75) is 49.4 Å². The van der Waals surface area contributed by atoms with Crippen LogP contribution >= 0.6 is 0 Å². The molecule has 1 aliphatic carbocycles. The van der Waals surface area contributed by atoms with Crippen LogP contribution in [0.3, 0.4) is 0 Å². The van der Waals surface area contributed by atoms with Crippen LogP contribution in [0, 0.1) is 24.0 Å². The van der Waals surface area contributed by atoms with Gasteiger partial charge in [0, 0.05) is 36.7 Å². The lowest BCUT2D eigenvalue weighted by atomic mass is 9.95. The highest BCUT2D eigenvalue weighted by atomic mass is 19.1. The van der Waals surface area contributed by atoms with Gasteiger partial charge in [-0.05, 0) is 55.8 Å². The Kier molecular flexibility index (Phi) is 6.19. The Morgan fingerprint density at radius 3 is 2.84 bits per heavy atom. The summed E-state index contributed by atoms with van der Waals surface area (Å²) in [4.78, 5) is 18.1. The molecular formula is C33H30F3N5O3. The maximum atomic E-state index is 16.8. The van der Waals surface area contributed by atoms with Gasteiger partial charge in [-0.2, -0.15) is 9.97 Å². The number of aromatic nitrogens is 3. The van der Waals surface area contributed by atoms with Gasteiger partial charge >= 0.3 is 6.01 Å². The van der Waals surface area contributed by atoms with Gasteiger partial charge in [0.05, 0.1) is 35.2 Å². The van der Waals surface area contributed by atoms with Crippen molar-refractivity contribution in [2.24, 2.45) is 0 Å². The van der Waals surface area contributed by atoms with Gasteiger partial charge in [0.25, 0.3) is 0 Å². The van der Waals surface area contributed by atoms with E-state index in [0.29, 0.717) is 49.3 Å². The molecule has 0 amide bonds. The van der Waals surface area contributed by atoms with E-state index >= 15 is 4.39 Å². The summed E-state index contributed by atoms with van der Waals surface area (Å²) in [6.45, 7) is 2.96. The predicted molar refractivity (Wildman–Crippen MR) is 158 cm³/mol. The monoisotopic (exact) mass is 601 g/mol. The number of hydrogen-bond acceptors (Lipinski definition) is 8. The maximum Gasteiger partial charge on any atom is 0.319 e. The van der Waals surface area contributed by atoms with Crippen molar-refractivity contribution in [1.29, 1.82) is 0 Å². The lowest BCUT2D eigenvalue weighted by molar-refractivity contribution is 0.0857. The van der Waals surface area contributed by atoms with E-state index in [9.17, 15) is 13.9 Å². The highest BCUT2D eigenvalue weighted by Crippen LogP contribution is 2.48. The number of rotatable bonds is 5. The van der Waals surface area contributed by atoms with E-state index in [-0.39, 0.29) is 51.6 Å². The van der Waals surface area contributed by atoms with Crippen molar-refractivity contribution in [3.63, 3.8) is 0 Å². The van der Waals surface area contributed by atoms with Crippen LogP contribution in [0.4, 0.5) is 19.0 Å². The number of phenolic OH excluding ortho intramolecular Hbond substituents is 1. The average molecular weight is 602 g/mol. The first-order valence-electron chi connectivity index (χ1n) is 15.0. The molecule has 2 atom stereocenters. The Bertz CT molecular complexity index is 1880. The fourth-order valence-corrected chi connectivity index (χ4v) is 7.50. The Morgan fingerprint density at radius 1 is 1.16 bits per heavy atom. The summed E-state index contributed by atoms with van der Waals surface area (Å²) >= 11 is 0. The highest BCUT2D eigenvalue weighted by molar-refractivity contribution is 6.03. The molecule has 226 valence electrons. The Balaban J connectivity index is 1.29. The lowest BCUT2D eigenvalue weighted by Gasteiger charge is -2.37. The van der Waals surface area contributed by atoms with E-state index in [1.165, 1.54) is 30.5 Å². The molecule has 0 bridgehead atoms. The van der Waals surface area contributed by atoms with Gasteiger partial charge in [-0.15, -0.1) is 6.42 Å². The highest BCUT2D eigenvalue weighted by Gasteiger charge is 2.52. The van der Waals surface area contributed by atoms with E-state index in [4.69, 9.17) is 20.9 Å². The zero-order chi connectivity index (χ0) is 30.2. The lowest BCUT2D eigenvalue weighted by Crippen LogP contribution is -2.48. The average Bonchev–Trinajstić information content (AvgIpc) is 3.55. The second-order valence-electron chi connectivity index (χ2n) is 12.5. The van der Waals surface area contributed by atoms with Crippen molar-refractivity contribution in [2.75, 3.05) is 44.4 Å². The number of alkyl halides is 1. The molecule has 0 radical (unpaired) electrons. The molecule has 11 heteroatoms. The van der Waals surface area contributed by atoms with Gasteiger partial charge < -0.3 is 19.5 Å². The van der Waals surface area contributed by atoms with Crippen LogP contribution in [0.15, 0.2) is 30.5 Å². The van der Waals surface area contributed by atoms with Crippen LogP contribution in [0.1, 0.15) is 37.7 Å². The van der Waals surface area contributed by atoms with E-state index in [1.54, 1.807) is 0 Å². The zero-order valence-electron chi connectivity index (χ0n) is 24.0. The summed E-state index contributed by atoms with van der Waals surface area (Å²) in [5.41, 5.74) is -0.759. The van der Waals surface area contributed by atoms with E-state index in [0.717, 1.165) is 32.2 Å². The fraction of sp³-hybridized carbons (Fsp3) is 0.424. The Hall–Kier alpha value is -4.14. The quantitative estimate of drug-likeness (QED) is 0.315. The second kappa shape index (κ2) is 9.94. The summed E-state index contributed by atoms with van der Waals surface area (Å²) in [5.74, 6) is 1.29. The minimum Gasteiger partial charge on any atom is -0.508 e. The van der Waals surface area contributed by atoms with Crippen LogP contribution in [-0.2, 0) is 4.74 Å². The molecule has 2 aromatic heterocycles. The van der Waals surface area contributed by atoms with Crippen LogP contribution in [0.2, 0.25) is 0 Å². The molecule has 1 spiro atoms. The van der Waals surface area contributed by atoms with Crippen molar-refractivity contribution < 1.29 is 27.8 Å². The van der Waals surface area contributed by atoms with E-state index in [1.807, 2.05) is 0 Å². The van der Waals surface area contributed by atoms with Gasteiger partial charge in [-0.1, -0.05) is 12.0 Å². The summed E-state index contributed by atoms with van der Waals surface area (Å²) in [5, 5.41) is 11.6. The first-order chi connectivity index (χ1) is 21.3. The first-order valence-corrected chi connectivity index (χ1v) is 15.0. The van der Waals surface area contributed by atoms with Crippen molar-refractivity contribution in [1.82, 2.24) is 19.9 Å². The number of nitrogens with zero attached hydrogens (tertiary/aromatic N) is 5. The minimum atomic E-state index is -0.920. The summed E-state index contributed by atoms with van der Waals surface area (Å²) in [6, 6.07) is 5.44. The van der Waals surface area contributed by atoms with Crippen molar-refractivity contribution in [3.05, 3.63) is 47.7 Å². The van der Waals surface area contributed by atoms with Gasteiger partial charge in [-0.25, -0.2) is 13.2 Å². The topological polar surface area (TPSA) is 83.8 Å². The molecule has 8 nitrogen and oxygen atoms in total. The number of benzene rings is 2. The standard InChI is InChI=1S/C33H30F3N5O3/c1-2-22-25(35)5-4-19-12-21(42)13-23(26(19)22)28-27(36)29-24(15-37-28)30(41-10-11-43-17-32(41)7-8-32)39-31(38-29)44-18-33-6-3-9-40(33)16-20(34)14-33/h1,4-5,12-13,15,20,42H,3,6-11,14,16-18H2/t20-,33+/m1/s1. The number of pyridine rings is 1. The molecule has 8 rings (SSSR count). The van der Waals surface area contributed by atoms with Crippen LogP contribution in [0.5, 0.6) is 11.8 Å². The number of anilines is 1. The second-order valence-corrected chi connectivity index (χ2v) is 12.5. The molecule has 4 aromatic rings. The summed E-state index contributed by atoms with van der Waals surface area (Å²) in [7, 11) is 0. The van der Waals surface area contributed by atoms with Gasteiger partial charge in [0.15, 0.2) is 5.82 Å². The molecule has 2 aromatic carbocycles. The molecule has 5 heterocycles. The molecule has 3 saturated heterocycles. The number of phenols is 1. The number of hydrogen-bond donors (Lipinski definition) is 1. The Morgan fingerprint density at radius 2 is 2.02 bits per heavy atom. The van der Waals surface area contributed by atoms with Gasteiger partial charge in [0.2, 0.25) is 0 Å². The zero-order valence-corrected chi connectivity index (χ0v) is 24.0. The molecule has 44 heavy (non-hydrogen) atoms. The molecule has 1 N–H and O–H groups in total. The third-order valence-electron chi connectivity index (χ3n) is 9.81. The van der Waals surface area contributed by atoms with Crippen LogP contribution < -0.4 is 9.64 Å². The summed E-state index contributed by atoms with van der Waals surface area (Å²) < 4.78 is 58.0. The smallest absolute Gasteiger partial charge is 0.319 e. The number of morpholine rings is 1. The number of aromatic hydroxyl groups is 1. The largest absolute Gasteiger partial charge is 0.508 e. The van der Waals surface area contributed by atoms with E-state index < -0.39 is 23.3 Å². The molecule has 1 saturated carbocycles. The number of ether oxygens (including phenoxy) is 2. The van der Waals surface area contributed by atoms with Gasteiger partial charge in [0.1, 0.15) is 41.4 Å². The van der Waals surface area contributed by atoms with E-state index in [2.05, 4.69) is 25.7 Å². The molecular weight excluding hydrogens is 571 g/mol. The van der Waals surface area contributed by atoms with Gasteiger partial charge in [-0.3, -0.25) is 9.88 Å². The Labute approximate surface area is 251 Å².